The second kappa shape index (κ2) is 10.2. The van der Waals surface area contributed by atoms with Gasteiger partial charge in [0.05, 0.1) is 0 Å². The molecule has 7 nitrogen and oxygen atoms in total. The Morgan fingerprint density at radius 2 is 1.81 bits per heavy atom. The van der Waals surface area contributed by atoms with Crippen molar-refractivity contribution >= 4 is 18.1 Å². The van der Waals surface area contributed by atoms with Crippen LogP contribution in [0.3, 0.4) is 0 Å². The summed E-state index contributed by atoms with van der Waals surface area (Å²) in [5.74, 6) is 0.569. The van der Waals surface area contributed by atoms with E-state index in [-0.39, 0.29) is 12.5 Å². The highest BCUT2D eigenvalue weighted by atomic mass is 32.1. The standard InChI is InChI=1S/C24H30N6OS/c1-18-4-3-5-21(14-18)23-26-27-24(32)30(23)17-22(31)25-15-19-6-8-20(9-7-19)16-29-12-10-28(2)11-13-29/h3-9,14H,10-13,15-17H2,1-2H3,(H,25,31)(H,27,32). The summed E-state index contributed by atoms with van der Waals surface area (Å²) in [5, 5.41) is 10.1. The smallest absolute Gasteiger partial charge is 0.240 e. The molecule has 1 amide bonds. The summed E-state index contributed by atoms with van der Waals surface area (Å²) in [4.78, 5) is 17.5. The number of hydrogen-bond donors (Lipinski definition) is 2. The number of rotatable bonds is 7. The average molecular weight is 451 g/mol. The number of nitrogens with zero attached hydrogens (tertiary/aromatic N) is 4. The lowest BCUT2D eigenvalue weighted by atomic mass is 10.1. The Hall–Kier alpha value is -2.81. The molecule has 1 aliphatic rings. The Kier molecular flexibility index (Phi) is 7.14. The van der Waals surface area contributed by atoms with Crippen molar-refractivity contribution in [1.29, 1.82) is 0 Å². The van der Waals surface area contributed by atoms with Crippen molar-refractivity contribution < 1.29 is 4.79 Å². The molecule has 0 radical (unpaired) electrons. The molecular formula is C24H30N6OS. The molecule has 0 spiro atoms. The van der Waals surface area contributed by atoms with E-state index in [1.54, 1.807) is 4.57 Å². The van der Waals surface area contributed by atoms with E-state index < -0.39 is 0 Å². The van der Waals surface area contributed by atoms with Crippen LogP contribution in [-0.2, 0) is 24.4 Å². The number of aromatic nitrogens is 3. The zero-order valence-corrected chi connectivity index (χ0v) is 19.5. The third kappa shape index (κ3) is 5.70. The molecule has 2 heterocycles. The average Bonchev–Trinajstić information content (AvgIpc) is 3.15. The first-order chi connectivity index (χ1) is 15.5. The van der Waals surface area contributed by atoms with Crippen molar-refractivity contribution in [2.24, 2.45) is 0 Å². The molecule has 0 aliphatic carbocycles. The molecule has 3 aromatic rings. The van der Waals surface area contributed by atoms with Gasteiger partial charge in [-0.3, -0.25) is 19.4 Å². The largest absolute Gasteiger partial charge is 0.350 e. The monoisotopic (exact) mass is 450 g/mol. The van der Waals surface area contributed by atoms with Gasteiger partial charge < -0.3 is 10.2 Å². The topological polar surface area (TPSA) is 69.2 Å². The fraction of sp³-hybridized carbons (Fsp3) is 0.375. The normalized spacial score (nSPS) is 15.1. The highest BCUT2D eigenvalue weighted by molar-refractivity contribution is 7.71. The lowest BCUT2D eigenvalue weighted by Gasteiger charge is -2.32. The Morgan fingerprint density at radius 3 is 2.53 bits per heavy atom. The van der Waals surface area contributed by atoms with Crippen LogP contribution in [0.15, 0.2) is 48.5 Å². The summed E-state index contributed by atoms with van der Waals surface area (Å²) in [5.41, 5.74) is 4.44. The van der Waals surface area contributed by atoms with Crippen molar-refractivity contribution in [2.75, 3.05) is 33.2 Å². The van der Waals surface area contributed by atoms with Gasteiger partial charge in [-0.1, -0.05) is 48.0 Å². The molecule has 0 bridgehead atoms. The van der Waals surface area contributed by atoms with Crippen LogP contribution in [0.4, 0.5) is 0 Å². The fourth-order valence-corrected chi connectivity index (χ4v) is 4.09. The Balaban J connectivity index is 1.32. The van der Waals surface area contributed by atoms with Gasteiger partial charge >= 0.3 is 0 Å². The van der Waals surface area contributed by atoms with Gasteiger partial charge in [-0.15, -0.1) is 0 Å². The third-order valence-electron chi connectivity index (χ3n) is 5.85. The zero-order valence-electron chi connectivity index (χ0n) is 18.7. The van der Waals surface area contributed by atoms with Crippen LogP contribution in [-0.4, -0.2) is 63.7 Å². The zero-order chi connectivity index (χ0) is 22.5. The number of aryl methyl sites for hydroxylation is 1. The van der Waals surface area contributed by atoms with Gasteiger partial charge in [0.2, 0.25) is 5.91 Å². The van der Waals surface area contributed by atoms with Crippen LogP contribution < -0.4 is 5.32 Å². The molecular weight excluding hydrogens is 420 g/mol. The number of aromatic amines is 1. The molecule has 1 saturated heterocycles. The van der Waals surface area contributed by atoms with E-state index in [2.05, 4.69) is 56.6 Å². The van der Waals surface area contributed by atoms with E-state index in [1.807, 2.05) is 31.2 Å². The first-order valence-corrected chi connectivity index (χ1v) is 11.4. The maximum Gasteiger partial charge on any atom is 0.240 e. The molecule has 8 heteroatoms. The minimum absolute atomic E-state index is 0.0992. The summed E-state index contributed by atoms with van der Waals surface area (Å²) in [6.07, 6.45) is 0. The number of benzene rings is 2. The number of carbonyl (C=O) groups is 1. The number of likely N-dealkylation sites (N-methyl/N-ethyl adjacent to an activating group) is 1. The minimum atomic E-state index is -0.0992. The molecule has 1 aromatic heterocycles. The number of carbonyl (C=O) groups excluding carboxylic acids is 1. The maximum absolute atomic E-state index is 12.6. The van der Waals surface area contributed by atoms with Gasteiger partial charge in [0.15, 0.2) is 10.6 Å². The van der Waals surface area contributed by atoms with E-state index in [1.165, 1.54) is 5.56 Å². The number of nitrogens with one attached hydrogen (secondary N) is 2. The highest BCUT2D eigenvalue weighted by Crippen LogP contribution is 2.18. The quantitative estimate of drug-likeness (QED) is 0.542. The van der Waals surface area contributed by atoms with Crippen molar-refractivity contribution in [3.05, 3.63) is 70.0 Å². The van der Waals surface area contributed by atoms with Gasteiger partial charge in [-0.05, 0) is 43.4 Å². The Labute approximate surface area is 194 Å². The Morgan fingerprint density at radius 1 is 1.09 bits per heavy atom. The third-order valence-corrected chi connectivity index (χ3v) is 6.16. The Bertz CT molecular complexity index is 1110. The van der Waals surface area contributed by atoms with Crippen molar-refractivity contribution in [3.63, 3.8) is 0 Å². The lowest BCUT2D eigenvalue weighted by molar-refractivity contribution is -0.121. The second-order valence-electron chi connectivity index (χ2n) is 8.48. The molecule has 2 aromatic carbocycles. The summed E-state index contributed by atoms with van der Waals surface area (Å²) >= 11 is 5.35. The van der Waals surface area contributed by atoms with Crippen LogP contribution >= 0.6 is 12.2 Å². The first-order valence-electron chi connectivity index (χ1n) is 11.0. The second-order valence-corrected chi connectivity index (χ2v) is 8.87. The van der Waals surface area contributed by atoms with E-state index in [0.717, 1.165) is 49.4 Å². The van der Waals surface area contributed by atoms with Gasteiger partial charge in [0.25, 0.3) is 0 Å². The number of piperazine rings is 1. The molecule has 1 aliphatic heterocycles. The predicted octanol–water partition coefficient (Wildman–Crippen LogP) is 2.98. The van der Waals surface area contributed by atoms with Crippen molar-refractivity contribution in [2.45, 2.75) is 26.6 Å². The first kappa shape index (κ1) is 22.4. The maximum atomic E-state index is 12.6. The van der Waals surface area contributed by atoms with Gasteiger partial charge in [-0.2, -0.15) is 5.10 Å². The van der Waals surface area contributed by atoms with Crippen LogP contribution in [0.25, 0.3) is 11.4 Å². The van der Waals surface area contributed by atoms with Gasteiger partial charge in [0, 0.05) is 44.8 Å². The van der Waals surface area contributed by atoms with Gasteiger partial charge in [-0.25, -0.2) is 0 Å². The summed E-state index contributed by atoms with van der Waals surface area (Å²) in [6, 6.07) is 16.5. The van der Waals surface area contributed by atoms with Crippen molar-refractivity contribution in [3.8, 4) is 11.4 Å². The summed E-state index contributed by atoms with van der Waals surface area (Å²) < 4.78 is 2.17. The number of H-pyrrole nitrogens is 1. The van der Waals surface area contributed by atoms with Crippen LogP contribution in [0.1, 0.15) is 16.7 Å². The molecule has 0 atom stereocenters. The van der Waals surface area contributed by atoms with E-state index in [4.69, 9.17) is 12.2 Å². The molecule has 4 rings (SSSR count). The van der Waals surface area contributed by atoms with Crippen molar-refractivity contribution in [1.82, 2.24) is 29.9 Å². The van der Waals surface area contributed by atoms with Crippen LogP contribution in [0, 0.1) is 11.7 Å². The summed E-state index contributed by atoms with van der Waals surface area (Å²) in [7, 11) is 2.17. The lowest BCUT2D eigenvalue weighted by Crippen LogP contribution is -2.43. The van der Waals surface area contributed by atoms with Crippen LogP contribution in [0.2, 0.25) is 0 Å². The van der Waals surface area contributed by atoms with Gasteiger partial charge in [0.1, 0.15) is 6.54 Å². The van der Waals surface area contributed by atoms with E-state index >= 15 is 0 Å². The molecule has 1 fully saturated rings. The summed E-state index contributed by atoms with van der Waals surface area (Å²) in [6.45, 7) is 8.06. The molecule has 168 valence electrons. The number of amides is 1. The minimum Gasteiger partial charge on any atom is -0.350 e. The highest BCUT2D eigenvalue weighted by Gasteiger charge is 2.14. The van der Waals surface area contributed by atoms with E-state index in [0.29, 0.717) is 17.1 Å². The molecule has 32 heavy (non-hydrogen) atoms. The number of hydrogen-bond acceptors (Lipinski definition) is 5. The SMILES string of the molecule is Cc1cccc(-c2n[nH]c(=S)n2CC(=O)NCc2ccc(CN3CCN(C)CC3)cc2)c1. The molecule has 0 unspecified atom stereocenters. The predicted molar refractivity (Wildman–Crippen MR) is 129 cm³/mol. The van der Waals surface area contributed by atoms with E-state index in [9.17, 15) is 4.79 Å². The molecule has 2 N–H and O–H groups in total. The fourth-order valence-electron chi connectivity index (χ4n) is 3.90. The molecule has 0 saturated carbocycles. The van der Waals surface area contributed by atoms with Crippen LogP contribution in [0.5, 0.6) is 0 Å².